The van der Waals surface area contributed by atoms with Crippen LogP contribution in [0, 0.1) is 5.92 Å². The van der Waals surface area contributed by atoms with Crippen LogP contribution in [0.5, 0.6) is 5.75 Å². The van der Waals surface area contributed by atoms with E-state index in [1.54, 1.807) is 26.0 Å². The van der Waals surface area contributed by atoms with Crippen molar-refractivity contribution >= 4 is 23.8 Å². The Balaban J connectivity index is 2.85. The maximum atomic E-state index is 12.6. The standard InChI is InChI=1S/C20H29N3O7/c1-3-11(2)17(20(29)30)23-19(28)15(8-9-16(25)26)22-18(27)14(21)10-12-4-6-13(24)7-5-12/h4-7,11,14-15,17,24H,3,8-10,21H2,1-2H3,(H,22,27)(H,23,28)(H,25,26)(H,29,30)/t11-,14-,15-,17-/m0/s1. The second-order valence-corrected chi connectivity index (χ2v) is 7.18. The minimum absolute atomic E-state index is 0.0662. The highest BCUT2D eigenvalue weighted by atomic mass is 16.4. The summed E-state index contributed by atoms with van der Waals surface area (Å²) in [5.74, 6) is -4.13. The summed E-state index contributed by atoms with van der Waals surface area (Å²) in [6.07, 6.45) is 0.0171. The Labute approximate surface area is 174 Å². The molecule has 1 aromatic rings. The van der Waals surface area contributed by atoms with E-state index in [9.17, 15) is 29.4 Å². The number of carboxylic acid groups (broad SMARTS) is 2. The SMILES string of the molecule is CC[C@H](C)[C@H](NC(=O)[C@H](CCC(=O)O)NC(=O)[C@@H](N)Cc1ccc(O)cc1)C(=O)O. The summed E-state index contributed by atoms with van der Waals surface area (Å²) < 4.78 is 0. The van der Waals surface area contributed by atoms with Gasteiger partial charge in [0.05, 0.1) is 6.04 Å². The number of aromatic hydroxyl groups is 1. The van der Waals surface area contributed by atoms with Crippen LogP contribution < -0.4 is 16.4 Å². The second-order valence-electron chi connectivity index (χ2n) is 7.18. The number of carbonyl (C=O) groups is 4. The van der Waals surface area contributed by atoms with Crippen molar-refractivity contribution < 1.29 is 34.5 Å². The molecule has 0 unspecified atom stereocenters. The molecule has 0 aromatic heterocycles. The molecule has 30 heavy (non-hydrogen) atoms. The van der Waals surface area contributed by atoms with Gasteiger partial charge in [-0.3, -0.25) is 14.4 Å². The zero-order valence-electron chi connectivity index (χ0n) is 17.0. The molecule has 0 saturated heterocycles. The average molecular weight is 423 g/mol. The molecule has 0 aliphatic heterocycles. The Morgan fingerprint density at radius 2 is 1.63 bits per heavy atom. The van der Waals surface area contributed by atoms with Gasteiger partial charge in [-0.15, -0.1) is 0 Å². The summed E-state index contributed by atoms with van der Waals surface area (Å²) in [5.41, 5.74) is 6.58. The smallest absolute Gasteiger partial charge is 0.326 e. The molecule has 0 saturated carbocycles. The molecule has 0 aliphatic carbocycles. The van der Waals surface area contributed by atoms with Gasteiger partial charge < -0.3 is 31.7 Å². The molecule has 166 valence electrons. The van der Waals surface area contributed by atoms with Crippen LogP contribution in [0.2, 0.25) is 0 Å². The first-order valence-electron chi connectivity index (χ1n) is 9.64. The number of phenolic OH excluding ortho intramolecular Hbond substituents is 1. The van der Waals surface area contributed by atoms with Crippen LogP contribution in [-0.4, -0.2) is 57.2 Å². The third-order valence-corrected chi connectivity index (χ3v) is 4.79. The monoisotopic (exact) mass is 423 g/mol. The minimum Gasteiger partial charge on any atom is -0.508 e. The topological polar surface area (TPSA) is 179 Å². The number of carbonyl (C=O) groups excluding carboxylic acids is 2. The van der Waals surface area contributed by atoms with Gasteiger partial charge in [0, 0.05) is 6.42 Å². The van der Waals surface area contributed by atoms with E-state index in [1.807, 2.05) is 0 Å². The molecule has 0 radical (unpaired) electrons. The number of hydrogen-bond donors (Lipinski definition) is 6. The van der Waals surface area contributed by atoms with Gasteiger partial charge >= 0.3 is 11.9 Å². The highest BCUT2D eigenvalue weighted by Gasteiger charge is 2.30. The minimum atomic E-state index is -1.25. The van der Waals surface area contributed by atoms with Crippen LogP contribution in [0.4, 0.5) is 0 Å². The third kappa shape index (κ3) is 8.08. The number of aliphatic carboxylic acids is 2. The lowest BCUT2D eigenvalue weighted by atomic mass is 9.98. The highest BCUT2D eigenvalue weighted by Crippen LogP contribution is 2.12. The Kier molecular flexibility index (Phi) is 9.76. The van der Waals surface area contributed by atoms with E-state index in [0.717, 1.165) is 0 Å². The fourth-order valence-electron chi connectivity index (χ4n) is 2.73. The number of nitrogens with one attached hydrogen (secondary N) is 2. The molecule has 0 aliphatic rings. The molecule has 0 heterocycles. The summed E-state index contributed by atoms with van der Waals surface area (Å²) in [6, 6.07) is 2.65. The average Bonchev–Trinajstić information content (AvgIpc) is 2.69. The van der Waals surface area contributed by atoms with E-state index in [2.05, 4.69) is 10.6 Å². The van der Waals surface area contributed by atoms with Crippen LogP contribution in [0.15, 0.2) is 24.3 Å². The first kappa shape index (κ1) is 24.9. The van der Waals surface area contributed by atoms with Crippen molar-refractivity contribution in [3.8, 4) is 5.75 Å². The highest BCUT2D eigenvalue weighted by molar-refractivity contribution is 5.92. The number of benzene rings is 1. The van der Waals surface area contributed by atoms with Gasteiger partial charge in [-0.25, -0.2) is 4.79 Å². The molecule has 4 atom stereocenters. The molecule has 0 spiro atoms. The first-order chi connectivity index (χ1) is 14.0. The number of rotatable bonds is 12. The summed E-state index contributed by atoms with van der Waals surface area (Å²) >= 11 is 0. The van der Waals surface area contributed by atoms with Crippen molar-refractivity contribution in [1.29, 1.82) is 0 Å². The predicted molar refractivity (Wildman–Crippen MR) is 108 cm³/mol. The molecule has 2 amide bonds. The fourth-order valence-corrected chi connectivity index (χ4v) is 2.73. The lowest BCUT2D eigenvalue weighted by Crippen LogP contribution is -2.56. The van der Waals surface area contributed by atoms with Gasteiger partial charge in [0.25, 0.3) is 0 Å². The van der Waals surface area contributed by atoms with Crippen molar-refractivity contribution in [3.63, 3.8) is 0 Å². The molecule has 10 heteroatoms. The number of carboxylic acids is 2. The largest absolute Gasteiger partial charge is 0.508 e. The molecular weight excluding hydrogens is 394 g/mol. The van der Waals surface area contributed by atoms with Crippen LogP contribution in [-0.2, 0) is 25.6 Å². The van der Waals surface area contributed by atoms with Crippen LogP contribution in [0.3, 0.4) is 0 Å². The normalized spacial score (nSPS) is 14.8. The molecule has 0 fully saturated rings. The van der Waals surface area contributed by atoms with E-state index in [1.165, 1.54) is 12.1 Å². The number of nitrogens with two attached hydrogens (primary N) is 1. The Morgan fingerprint density at radius 1 is 1.03 bits per heavy atom. The van der Waals surface area contributed by atoms with Crippen LogP contribution >= 0.6 is 0 Å². The van der Waals surface area contributed by atoms with Gasteiger partial charge in [0.1, 0.15) is 17.8 Å². The molecule has 0 bridgehead atoms. The summed E-state index contributed by atoms with van der Waals surface area (Å²) in [6.45, 7) is 3.44. The second kappa shape index (κ2) is 11.8. The van der Waals surface area contributed by atoms with Crippen molar-refractivity contribution in [2.75, 3.05) is 0 Å². The quantitative estimate of drug-likeness (QED) is 0.276. The first-order valence-corrected chi connectivity index (χ1v) is 9.64. The van der Waals surface area contributed by atoms with Gasteiger partial charge in [0.15, 0.2) is 0 Å². The maximum absolute atomic E-state index is 12.6. The van der Waals surface area contributed by atoms with E-state index in [4.69, 9.17) is 10.8 Å². The molecule has 10 nitrogen and oxygen atoms in total. The zero-order chi connectivity index (χ0) is 22.8. The van der Waals surface area contributed by atoms with Crippen LogP contribution in [0.25, 0.3) is 0 Å². The zero-order valence-corrected chi connectivity index (χ0v) is 17.0. The predicted octanol–water partition coefficient (Wildman–Crippen LogP) is 0.227. The summed E-state index contributed by atoms with van der Waals surface area (Å²) in [7, 11) is 0. The molecular formula is C20H29N3O7. The molecule has 1 aromatic carbocycles. The lowest BCUT2D eigenvalue weighted by molar-refractivity contribution is -0.144. The number of hydrogen-bond acceptors (Lipinski definition) is 6. The Hall–Kier alpha value is -3.14. The van der Waals surface area contributed by atoms with E-state index in [0.29, 0.717) is 12.0 Å². The van der Waals surface area contributed by atoms with E-state index < -0.39 is 48.3 Å². The van der Waals surface area contributed by atoms with Gasteiger partial charge in [-0.2, -0.15) is 0 Å². The van der Waals surface area contributed by atoms with Gasteiger partial charge in [0.2, 0.25) is 11.8 Å². The Morgan fingerprint density at radius 3 is 2.13 bits per heavy atom. The van der Waals surface area contributed by atoms with Crippen molar-refractivity contribution in [1.82, 2.24) is 10.6 Å². The third-order valence-electron chi connectivity index (χ3n) is 4.79. The summed E-state index contributed by atoms with van der Waals surface area (Å²) in [4.78, 5) is 47.4. The van der Waals surface area contributed by atoms with Crippen molar-refractivity contribution in [2.45, 2.75) is 57.7 Å². The van der Waals surface area contributed by atoms with Gasteiger partial charge in [-0.05, 0) is 36.5 Å². The molecule has 7 N–H and O–H groups in total. The fraction of sp³-hybridized carbons (Fsp3) is 0.500. The van der Waals surface area contributed by atoms with Crippen molar-refractivity contribution in [2.24, 2.45) is 11.7 Å². The van der Waals surface area contributed by atoms with E-state index in [-0.39, 0.29) is 24.5 Å². The molecule has 1 rings (SSSR count). The van der Waals surface area contributed by atoms with Gasteiger partial charge in [-0.1, -0.05) is 32.4 Å². The number of phenols is 1. The summed E-state index contributed by atoms with van der Waals surface area (Å²) in [5, 5.41) is 32.4. The van der Waals surface area contributed by atoms with Crippen LogP contribution in [0.1, 0.15) is 38.7 Å². The maximum Gasteiger partial charge on any atom is 0.326 e. The number of amides is 2. The lowest BCUT2D eigenvalue weighted by Gasteiger charge is -2.25. The van der Waals surface area contributed by atoms with Crippen molar-refractivity contribution in [3.05, 3.63) is 29.8 Å². The Bertz CT molecular complexity index is 751. The van der Waals surface area contributed by atoms with E-state index >= 15 is 0 Å².